The lowest BCUT2D eigenvalue weighted by Gasteiger charge is -2.33. The maximum atomic E-state index is 13.4. The van der Waals surface area contributed by atoms with Crippen LogP contribution < -0.4 is 15.6 Å². The van der Waals surface area contributed by atoms with Gasteiger partial charge in [0.25, 0.3) is 5.91 Å². The SMILES string of the molecule is O=C(N[C@@H](C=C1CCN(c2ccccc2CN2CCCC2=O)CC1)Cc1ccc(Cl)cc1)c1cc(=O)c2c(O)cc(O)cc2o1. The number of para-hydroxylation sites is 1. The van der Waals surface area contributed by atoms with Gasteiger partial charge in [-0.15, -0.1) is 0 Å². The van der Waals surface area contributed by atoms with Crippen LogP contribution >= 0.6 is 11.6 Å². The number of hydrogen-bond acceptors (Lipinski definition) is 7. The lowest BCUT2D eigenvalue weighted by molar-refractivity contribution is -0.128. The molecule has 0 radical (unpaired) electrons. The van der Waals surface area contributed by atoms with E-state index in [0.29, 0.717) is 24.4 Å². The van der Waals surface area contributed by atoms with E-state index in [4.69, 9.17) is 16.0 Å². The molecule has 0 saturated carbocycles. The van der Waals surface area contributed by atoms with Gasteiger partial charge >= 0.3 is 0 Å². The van der Waals surface area contributed by atoms with Gasteiger partial charge in [0.1, 0.15) is 22.5 Å². The van der Waals surface area contributed by atoms with Crippen LogP contribution in [-0.4, -0.2) is 52.6 Å². The Hall–Kier alpha value is -4.76. The smallest absolute Gasteiger partial charge is 0.287 e. The van der Waals surface area contributed by atoms with Crippen molar-refractivity contribution in [2.45, 2.75) is 44.7 Å². The van der Waals surface area contributed by atoms with Crippen LogP contribution in [0.3, 0.4) is 0 Å². The van der Waals surface area contributed by atoms with Gasteiger partial charge in [-0.05, 0) is 55.0 Å². The van der Waals surface area contributed by atoms with Crippen LogP contribution in [0.5, 0.6) is 11.5 Å². The highest BCUT2D eigenvalue weighted by atomic mass is 35.5. The number of benzene rings is 3. The van der Waals surface area contributed by atoms with Gasteiger partial charge in [0, 0.05) is 61.5 Å². The van der Waals surface area contributed by atoms with Gasteiger partial charge in [-0.1, -0.05) is 53.6 Å². The lowest BCUT2D eigenvalue weighted by Crippen LogP contribution is -2.37. The predicted molar refractivity (Wildman–Crippen MR) is 173 cm³/mol. The van der Waals surface area contributed by atoms with E-state index >= 15 is 0 Å². The highest BCUT2D eigenvalue weighted by molar-refractivity contribution is 6.30. The fourth-order valence-corrected chi connectivity index (χ4v) is 6.27. The highest BCUT2D eigenvalue weighted by Crippen LogP contribution is 2.30. The molecule has 0 aliphatic carbocycles. The maximum absolute atomic E-state index is 13.4. The molecule has 0 unspecified atom stereocenters. The zero-order valence-electron chi connectivity index (χ0n) is 24.7. The number of nitrogens with zero attached hydrogens (tertiary/aromatic N) is 2. The molecule has 2 aliphatic rings. The number of halogens is 1. The molecule has 1 atom stereocenters. The van der Waals surface area contributed by atoms with E-state index in [1.54, 1.807) is 12.1 Å². The Bertz CT molecular complexity index is 1820. The van der Waals surface area contributed by atoms with E-state index in [-0.39, 0.29) is 28.4 Å². The van der Waals surface area contributed by atoms with E-state index < -0.39 is 23.1 Å². The third-order valence-electron chi connectivity index (χ3n) is 8.41. The van der Waals surface area contributed by atoms with Crippen molar-refractivity contribution in [2.75, 3.05) is 24.5 Å². The Kier molecular flexibility index (Phi) is 8.80. The van der Waals surface area contributed by atoms with E-state index in [2.05, 4.69) is 28.4 Å². The molecule has 4 aromatic rings. The van der Waals surface area contributed by atoms with Crippen LogP contribution in [-0.2, 0) is 17.8 Å². The average molecular weight is 628 g/mol. The summed E-state index contributed by atoms with van der Waals surface area (Å²) in [4.78, 5) is 42.6. The van der Waals surface area contributed by atoms with Crippen molar-refractivity contribution in [2.24, 2.45) is 0 Å². The number of aromatic hydroxyl groups is 2. The highest BCUT2D eigenvalue weighted by Gasteiger charge is 2.24. The average Bonchev–Trinajstić information content (AvgIpc) is 3.42. The Morgan fingerprint density at radius 3 is 2.47 bits per heavy atom. The van der Waals surface area contributed by atoms with E-state index in [9.17, 15) is 24.6 Å². The molecule has 3 heterocycles. The van der Waals surface area contributed by atoms with Gasteiger partial charge in [-0.2, -0.15) is 0 Å². The van der Waals surface area contributed by atoms with Gasteiger partial charge < -0.3 is 29.7 Å². The minimum atomic E-state index is -0.590. The largest absolute Gasteiger partial charge is 0.508 e. The zero-order valence-corrected chi connectivity index (χ0v) is 25.4. The third-order valence-corrected chi connectivity index (χ3v) is 8.66. The first-order chi connectivity index (χ1) is 21.7. The van der Waals surface area contributed by atoms with Crippen LogP contribution in [0.4, 0.5) is 5.69 Å². The van der Waals surface area contributed by atoms with Gasteiger partial charge in [0.05, 0.1) is 6.04 Å². The molecule has 2 fully saturated rings. The number of hydrogen-bond donors (Lipinski definition) is 3. The molecule has 0 spiro atoms. The lowest BCUT2D eigenvalue weighted by atomic mass is 9.97. The fourth-order valence-electron chi connectivity index (χ4n) is 6.15. The minimum Gasteiger partial charge on any atom is -0.508 e. The van der Waals surface area contributed by atoms with Crippen molar-refractivity contribution in [3.8, 4) is 11.5 Å². The standard InChI is InChI=1S/C35H34ClN3O6/c36-25-9-7-22(8-10-25)16-26(37-35(44)32-20-30(42)34-29(41)18-27(40)19-31(34)45-32)17-23-11-14-38(15-12-23)28-5-2-1-4-24(28)21-39-13-3-6-33(39)43/h1-2,4-5,7-10,17-20,26,40-41H,3,6,11-16,21H2,(H,37,44)/t26-/m1/s1. The number of nitrogens with one attached hydrogen (secondary N) is 1. The maximum Gasteiger partial charge on any atom is 0.287 e. The Balaban J connectivity index is 1.20. The topological polar surface area (TPSA) is 123 Å². The number of amides is 2. The third kappa shape index (κ3) is 6.99. The van der Waals surface area contributed by atoms with Crippen molar-refractivity contribution in [3.63, 3.8) is 0 Å². The second kappa shape index (κ2) is 13.1. The van der Waals surface area contributed by atoms with E-state index in [1.165, 1.54) is 11.6 Å². The van der Waals surface area contributed by atoms with Gasteiger partial charge in [0.15, 0.2) is 11.2 Å². The number of likely N-dealkylation sites (tertiary alicyclic amines) is 1. The van der Waals surface area contributed by atoms with Crippen LogP contribution in [0.2, 0.25) is 5.02 Å². The van der Waals surface area contributed by atoms with Crippen molar-refractivity contribution in [1.82, 2.24) is 10.2 Å². The van der Waals surface area contributed by atoms with E-state index in [0.717, 1.165) is 67.8 Å². The Labute approximate surface area is 265 Å². The molecule has 232 valence electrons. The summed E-state index contributed by atoms with van der Waals surface area (Å²) in [5.74, 6) is -1.31. The second-order valence-electron chi connectivity index (χ2n) is 11.6. The van der Waals surface area contributed by atoms with E-state index in [1.807, 2.05) is 29.2 Å². The quantitative estimate of drug-likeness (QED) is 0.219. The number of phenols is 2. The summed E-state index contributed by atoms with van der Waals surface area (Å²) in [7, 11) is 0. The molecule has 45 heavy (non-hydrogen) atoms. The van der Waals surface area contributed by atoms with Crippen LogP contribution in [0.1, 0.15) is 47.4 Å². The molecular formula is C35H34ClN3O6. The summed E-state index contributed by atoms with van der Waals surface area (Å²) in [5, 5.41) is 23.5. The number of fused-ring (bicyclic) bond motifs is 1. The molecule has 2 saturated heterocycles. The van der Waals surface area contributed by atoms with Crippen molar-refractivity contribution < 1.29 is 24.2 Å². The molecule has 6 rings (SSSR count). The first-order valence-electron chi connectivity index (χ1n) is 15.1. The van der Waals surface area contributed by atoms with Crippen LogP contribution in [0.25, 0.3) is 11.0 Å². The summed E-state index contributed by atoms with van der Waals surface area (Å²) in [6.45, 7) is 3.01. The normalized spacial score (nSPS) is 15.8. The Morgan fingerprint density at radius 1 is 0.978 bits per heavy atom. The van der Waals surface area contributed by atoms with Crippen molar-refractivity contribution in [3.05, 3.63) is 111 Å². The molecule has 3 N–H and O–H groups in total. The molecule has 2 amide bonds. The van der Waals surface area contributed by atoms with Crippen molar-refractivity contribution >= 4 is 40.1 Å². The van der Waals surface area contributed by atoms with Gasteiger partial charge in [-0.3, -0.25) is 14.4 Å². The molecule has 3 aromatic carbocycles. The first kappa shape index (κ1) is 30.3. The van der Waals surface area contributed by atoms with Crippen LogP contribution in [0.15, 0.2) is 87.6 Å². The summed E-state index contributed by atoms with van der Waals surface area (Å²) >= 11 is 6.10. The molecule has 0 bridgehead atoms. The number of piperidine rings is 1. The van der Waals surface area contributed by atoms with Gasteiger partial charge in [-0.25, -0.2) is 0 Å². The second-order valence-corrected chi connectivity index (χ2v) is 12.0. The molecule has 9 nitrogen and oxygen atoms in total. The van der Waals surface area contributed by atoms with Crippen LogP contribution in [0, 0.1) is 0 Å². The number of carbonyl (C=O) groups is 2. The van der Waals surface area contributed by atoms with Gasteiger partial charge in [0.2, 0.25) is 5.91 Å². The predicted octanol–water partition coefficient (Wildman–Crippen LogP) is 5.55. The minimum absolute atomic E-state index is 0.0838. The number of rotatable bonds is 8. The summed E-state index contributed by atoms with van der Waals surface area (Å²) in [5.41, 5.74) is 3.79. The first-order valence-corrected chi connectivity index (χ1v) is 15.5. The number of anilines is 1. The number of phenolic OH excluding ortho intramolecular Hbond substituents is 2. The molecule has 2 aliphatic heterocycles. The molecule has 1 aromatic heterocycles. The zero-order chi connectivity index (χ0) is 31.5. The molecular weight excluding hydrogens is 594 g/mol. The summed E-state index contributed by atoms with van der Waals surface area (Å²) < 4.78 is 5.65. The summed E-state index contributed by atoms with van der Waals surface area (Å²) in [6.07, 6.45) is 5.69. The Morgan fingerprint density at radius 2 is 1.73 bits per heavy atom. The summed E-state index contributed by atoms with van der Waals surface area (Å²) in [6, 6.07) is 18.6. The fraction of sp³-hybridized carbons (Fsp3) is 0.286. The monoisotopic (exact) mass is 627 g/mol. The van der Waals surface area contributed by atoms with Crippen molar-refractivity contribution in [1.29, 1.82) is 0 Å². The molecule has 10 heteroatoms. The number of carbonyl (C=O) groups excluding carboxylic acids is 2.